The number of amides is 2. The number of fused-ring (bicyclic) bond motifs is 1. The van der Waals surface area contributed by atoms with E-state index < -0.39 is 5.91 Å². The highest BCUT2D eigenvalue weighted by atomic mass is 35.5. The SMILES string of the molecule is Cc1cc(Cl)ccc1OCC(=O)Nc1c(C(=O)N2CCOCC2)oc2ccccc12. The molecule has 1 fully saturated rings. The molecule has 7 nitrogen and oxygen atoms in total. The van der Waals surface area contributed by atoms with E-state index >= 15 is 0 Å². The predicted octanol–water partition coefficient (Wildman–Crippen LogP) is 3.88. The minimum Gasteiger partial charge on any atom is -0.483 e. The van der Waals surface area contributed by atoms with Crippen LogP contribution in [0.5, 0.6) is 5.75 Å². The largest absolute Gasteiger partial charge is 0.483 e. The Morgan fingerprint density at radius 2 is 1.93 bits per heavy atom. The summed E-state index contributed by atoms with van der Waals surface area (Å²) in [6, 6.07) is 12.4. The van der Waals surface area contributed by atoms with E-state index in [9.17, 15) is 9.59 Å². The average molecular weight is 429 g/mol. The van der Waals surface area contributed by atoms with Crippen LogP contribution < -0.4 is 10.1 Å². The lowest BCUT2D eigenvalue weighted by atomic mass is 10.2. The van der Waals surface area contributed by atoms with Crippen molar-refractivity contribution in [3.05, 3.63) is 58.8 Å². The summed E-state index contributed by atoms with van der Waals surface area (Å²) in [5.74, 6) is -0.00321. The van der Waals surface area contributed by atoms with Gasteiger partial charge in [-0.25, -0.2) is 0 Å². The number of benzene rings is 2. The maximum absolute atomic E-state index is 13.0. The summed E-state index contributed by atoms with van der Waals surface area (Å²) in [5.41, 5.74) is 1.70. The van der Waals surface area contributed by atoms with Crippen LogP contribution in [0.4, 0.5) is 5.69 Å². The minimum atomic E-state index is -0.396. The zero-order valence-corrected chi connectivity index (χ0v) is 17.2. The molecule has 1 aromatic heterocycles. The Morgan fingerprint density at radius 1 is 1.17 bits per heavy atom. The Balaban J connectivity index is 1.54. The van der Waals surface area contributed by atoms with Crippen molar-refractivity contribution in [1.29, 1.82) is 0 Å². The molecule has 156 valence electrons. The fourth-order valence-corrected chi connectivity index (χ4v) is 3.55. The van der Waals surface area contributed by atoms with Gasteiger partial charge in [-0.3, -0.25) is 9.59 Å². The van der Waals surface area contributed by atoms with Gasteiger partial charge in [-0.05, 0) is 42.8 Å². The molecule has 2 heterocycles. The van der Waals surface area contributed by atoms with Gasteiger partial charge in [-0.1, -0.05) is 23.7 Å². The van der Waals surface area contributed by atoms with Crippen LogP contribution in [0.3, 0.4) is 0 Å². The van der Waals surface area contributed by atoms with Crippen molar-refractivity contribution in [3.8, 4) is 5.75 Å². The molecule has 0 aliphatic carbocycles. The Kier molecular flexibility index (Phi) is 5.92. The van der Waals surface area contributed by atoms with E-state index in [4.69, 9.17) is 25.5 Å². The van der Waals surface area contributed by atoms with Crippen LogP contribution in [-0.2, 0) is 9.53 Å². The van der Waals surface area contributed by atoms with Crippen molar-refractivity contribution < 1.29 is 23.5 Å². The van der Waals surface area contributed by atoms with Crippen molar-refractivity contribution in [2.24, 2.45) is 0 Å². The number of aryl methyl sites for hydroxylation is 1. The molecule has 1 saturated heterocycles. The number of hydrogen-bond donors (Lipinski definition) is 1. The third-order valence-corrected chi connectivity index (χ3v) is 5.08. The highest BCUT2D eigenvalue weighted by molar-refractivity contribution is 6.30. The summed E-state index contributed by atoms with van der Waals surface area (Å²) in [6.45, 7) is 3.53. The summed E-state index contributed by atoms with van der Waals surface area (Å²) < 4.78 is 16.7. The molecule has 2 aromatic carbocycles. The monoisotopic (exact) mass is 428 g/mol. The second kappa shape index (κ2) is 8.77. The zero-order valence-electron chi connectivity index (χ0n) is 16.4. The first-order valence-electron chi connectivity index (χ1n) is 9.60. The van der Waals surface area contributed by atoms with E-state index in [1.165, 1.54) is 0 Å². The summed E-state index contributed by atoms with van der Waals surface area (Å²) in [5, 5.41) is 4.05. The molecule has 3 aromatic rings. The maximum atomic E-state index is 13.0. The van der Waals surface area contributed by atoms with Gasteiger partial charge in [-0.2, -0.15) is 0 Å². The first-order chi connectivity index (χ1) is 14.5. The van der Waals surface area contributed by atoms with Crippen molar-refractivity contribution >= 4 is 40.1 Å². The number of morpholine rings is 1. The molecule has 30 heavy (non-hydrogen) atoms. The van der Waals surface area contributed by atoms with Crippen molar-refractivity contribution in [2.45, 2.75) is 6.92 Å². The van der Waals surface area contributed by atoms with Crippen LogP contribution in [0.2, 0.25) is 5.02 Å². The molecule has 0 spiro atoms. The van der Waals surface area contributed by atoms with E-state index in [1.807, 2.05) is 19.1 Å². The van der Waals surface area contributed by atoms with Crippen LogP contribution in [0.15, 0.2) is 46.9 Å². The zero-order chi connectivity index (χ0) is 21.1. The molecule has 1 aliphatic heterocycles. The normalized spacial score (nSPS) is 14.0. The standard InChI is InChI=1S/C22H21ClN2O5/c1-14-12-15(23)6-7-17(14)29-13-19(26)24-20-16-4-2-3-5-18(16)30-21(20)22(27)25-8-10-28-11-9-25/h2-7,12H,8-11,13H2,1H3,(H,24,26). The molecule has 1 aliphatic rings. The van der Waals surface area contributed by atoms with Gasteiger partial charge in [0.05, 0.1) is 13.2 Å². The molecule has 0 radical (unpaired) electrons. The number of carbonyl (C=O) groups excluding carboxylic acids is 2. The summed E-state index contributed by atoms with van der Waals surface area (Å²) >= 11 is 5.95. The van der Waals surface area contributed by atoms with Crippen molar-refractivity contribution in [3.63, 3.8) is 0 Å². The average Bonchev–Trinajstić information content (AvgIpc) is 3.11. The van der Waals surface area contributed by atoms with Gasteiger partial charge in [0.25, 0.3) is 11.8 Å². The molecule has 0 saturated carbocycles. The Hall–Kier alpha value is -3.03. The van der Waals surface area contributed by atoms with Crippen LogP contribution in [0.1, 0.15) is 16.1 Å². The van der Waals surface area contributed by atoms with Gasteiger partial charge in [0, 0.05) is 23.5 Å². The van der Waals surface area contributed by atoms with E-state index in [1.54, 1.807) is 35.2 Å². The fraction of sp³-hybridized carbons (Fsp3) is 0.273. The molecule has 0 bridgehead atoms. The van der Waals surface area contributed by atoms with E-state index in [0.29, 0.717) is 53.7 Å². The van der Waals surface area contributed by atoms with Gasteiger partial charge in [-0.15, -0.1) is 0 Å². The lowest BCUT2D eigenvalue weighted by Gasteiger charge is -2.26. The second-order valence-corrected chi connectivity index (χ2v) is 7.39. The van der Waals surface area contributed by atoms with Crippen molar-refractivity contribution in [2.75, 3.05) is 38.2 Å². The van der Waals surface area contributed by atoms with Crippen molar-refractivity contribution in [1.82, 2.24) is 4.90 Å². The highest BCUT2D eigenvalue weighted by Crippen LogP contribution is 2.32. The molecule has 1 N–H and O–H groups in total. The molecular formula is C22H21ClN2O5. The third kappa shape index (κ3) is 4.27. The number of para-hydroxylation sites is 1. The van der Waals surface area contributed by atoms with E-state index in [2.05, 4.69) is 5.32 Å². The number of nitrogens with zero attached hydrogens (tertiary/aromatic N) is 1. The number of ether oxygens (including phenoxy) is 2. The molecule has 2 amide bonds. The van der Waals surface area contributed by atoms with Gasteiger partial charge in [0.15, 0.2) is 6.61 Å². The predicted molar refractivity (Wildman–Crippen MR) is 113 cm³/mol. The van der Waals surface area contributed by atoms with Crippen LogP contribution in [0, 0.1) is 6.92 Å². The smallest absolute Gasteiger partial charge is 0.291 e. The molecule has 8 heteroatoms. The van der Waals surface area contributed by atoms with E-state index in [0.717, 1.165) is 5.56 Å². The topological polar surface area (TPSA) is 81.0 Å². The number of rotatable bonds is 5. The number of anilines is 1. The lowest BCUT2D eigenvalue weighted by molar-refractivity contribution is -0.118. The number of hydrogen-bond acceptors (Lipinski definition) is 5. The summed E-state index contributed by atoms with van der Waals surface area (Å²) in [6.07, 6.45) is 0. The van der Waals surface area contributed by atoms with Gasteiger partial charge in [0.2, 0.25) is 5.76 Å². The number of nitrogens with one attached hydrogen (secondary N) is 1. The quantitative estimate of drug-likeness (QED) is 0.666. The molecule has 0 unspecified atom stereocenters. The second-order valence-electron chi connectivity index (χ2n) is 6.95. The first-order valence-corrected chi connectivity index (χ1v) is 9.98. The van der Waals surface area contributed by atoms with Crippen LogP contribution in [0.25, 0.3) is 11.0 Å². The lowest BCUT2D eigenvalue weighted by Crippen LogP contribution is -2.40. The highest BCUT2D eigenvalue weighted by Gasteiger charge is 2.27. The molecular weight excluding hydrogens is 408 g/mol. The summed E-state index contributed by atoms with van der Waals surface area (Å²) in [4.78, 5) is 27.3. The van der Waals surface area contributed by atoms with Crippen LogP contribution in [-0.4, -0.2) is 49.6 Å². The number of carbonyl (C=O) groups is 2. The number of furan rings is 1. The molecule has 0 atom stereocenters. The molecule has 4 rings (SSSR count). The minimum absolute atomic E-state index is 0.106. The Bertz CT molecular complexity index is 1090. The Labute approximate surface area is 178 Å². The van der Waals surface area contributed by atoms with Gasteiger partial charge in [0.1, 0.15) is 17.0 Å². The number of halogens is 1. The Morgan fingerprint density at radius 3 is 2.70 bits per heavy atom. The third-order valence-electron chi connectivity index (χ3n) is 4.85. The van der Waals surface area contributed by atoms with E-state index in [-0.39, 0.29) is 18.3 Å². The fourth-order valence-electron chi connectivity index (χ4n) is 3.32. The maximum Gasteiger partial charge on any atom is 0.291 e. The van der Waals surface area contributed by atoms with Gasteiger partial charge < -0.3 is 24.1 Å². The van der Waals surface area contributed by atoms with Crippen LogP contribution >= 0.6 is 11.6 Å². The summed E-state index contributed by atoms with van der Waals surface area (Å²) in [7, 11) is 0. The first kappa shape index (κ1) is 20.3. The van der Waals surface area contributed by atoms with Gasteiger partial charge >= 0.3 is 0 Å².